The van der Waals surface area contributed by atoms with Crippen molar-refractivity contribution in [3.05, 3.63) is 48.5 Å². The molecule has 0 saturated heterocycles. The van der Waals surface area contributed by atoms with E-state index in [9.17, 15) is 13.2 Å². The van der Waals surface area contributed by atoms with E-state index in [0.717, 1.165) is 5.52 Å². The number of amides is 1. The van der Waals surface area contributed by atoms with E-state index >= 15 is 0 Å². The minimum Gasteiger partial charge on any atom is -0.326 e. The molecule has 3 rings (SSSR count). The Kier molecular flexibility index (Phi) is 3.75. The third-order valence-corrected chi connectivity index (χ3v) is 4.46. The minimum atomic E-state index is -3.76. The molecule has 0 aliphatic carbocycles. The lowest BCUT2D eigenvalue weighted by Crippen LogP contribution is -2.14. The molecule has 1 aromatic heterocycles. The summed E-state index contributed by atoms with van der Waals surface area (Å²) in [5.74, 6) is -0.0712. The van der Waals surface area contributed by atoms with Crippen molar-refractivity contribution in [2.24, 2.45) is 0 Å². The molecule has 3 aromatic rings. The number of para-hydroxylation sites is 2. The van der Waals surface area contributed by atoms with Gasteiger partial charge in [-0.1, -0.05) is 12.1 Å². The molecule has 118 valence electrons. The molecular weight excluding hydrogens is 316 g/mol. The van der Waals surface area contributed by atoms with Crippen molar-refractivity contribution in [2.75, 3.05) is 10.0 Å². The van der Waals surface area contributed by atoms with Crippen LogP contribution < -0.4 is 10.0 Å². The predicted molar refractivity (Wildman–Crippen MR) is 87.6 cm³/mol. The van der Waals surface area contributed by atoms with Gasteiger partial charge < -0.3 is 10.3 Å². The normalized spacial score (nSPS) is 11.3. The van der Waals surface area contributed by atoms with Gasteiger partial charge in [-0.25, -0.2) is 18.1 Å². The van der Waals surface area contributed by atoms with Crippen molar-refractivity contribution >= 4 is 38.6 Å². The molecule has 0 bridgehead atoms. The number of carbonyl (C=O) groups excluding carboxylic acids is 1. The third-order valence-electron chi connectivity index (χ3n) is 3.11. The molecule has 0 fully saturated rings. The van der Waals surface area contributed by atoms with Crippen LogP contribution in [-0.4, -0.2) is 24.3 Å². The number of aromatic amines is 1. The van der Waals surface area contributed by atoms with Crippen molar-refractivity contribution in [2.45, 2.75) is 11.8 Å². The fourth-order valence-corrected chi connectivity index (χ4v) is 3.07. The number of benzene rings is 2. The Morgan fingerprint density at radius 2 is 1.78 bits per heavy atom. The van der Waals surface area contributed by atoms with Crippen molar-refractivity contribution in [3.8, 4) is 0 Å². The van der Waals surface area contributed by atoms with Gasteiger partial charge in [0, 0.05) is 12.6 Å². The molecule has 1 amide bonds. The van der Waals surface area contributed by atoms with Crippen LogP contribution in [0.25, 0.3) is 11.0 Å². The second-order valence-electron chi connectivity index (χ2n) is 4.91. The van der Waals surface area contributed by atoms with E-state index in [1.807, 2.05) is 18.2 Å². The standard InChI is InChI=1S/C15H14N4O3S/c1-10(20)16-11-6-8-12(9-7-11)23(21,22)19-15-17-13-4-2-3-5-14(13)18-15/h2-9H,1H3,(H,16,20)(H2,17,18,19). The highest BCUT2D eigenvalue weighted by Crippen LogP contribution is 2.19. The number of sulfonamides is 1. The molecule has 0 radical (unpaired) electrons. The number of imidazole rings is 1. The van der Waals surface area contributed by atoms with E-state index in [1.54, 1.807) is 6.07 Å². The molecule has 0 aliphatic heterocycles. The number of carbonyl (C=O) groups is 1. The fourth-order valence-electron chi connectivity index (χ4n) is 2.11. The van der Waals surface area contributed by atoms with Gasteiger partial charge >= 0.3 is 0 Å². The first kappa shape index (κ1) is 15.0. The Hall–Kier alpha value is -2.87. The fraction of sp³-hybridized carbons (Fsp3) is 0.0667. The summed E-state index contributed by atoms with van der Waals surface area (Å²) in [6.07, 6.45) is 0. The maximum atomic E-state index is 12.4. The molecule has 0 saturated carbocycles. The molecule has 0 unspecified atom stereocenters. The average molecular weight is 330 g/mol. The molecule has 1 heterocycles. The Morgan fingerprint density at radius 3 is 2.43 bits per heavy atom. The number of H-pyrrole nitrogens is 1. The first-order chi connectivity index (χ1) is 10.9. The van der Waals surface area contributed by atoms with E-state index < -0.39 is 10.0 Å². The molecule has 0 spiro atoms. The number of rotatable bonds is 4. The molecule has 2 aromatic carbocycles. The number of anilines is 2. The number of hydrogen-bond donors (Lipinski definition) is 3. The van der Waals surface area contributed by atoms with Crippen LogP contribution in [0.1, 0.15) is 6.92 Å². The van der Waals surface area contributed by atoms with Crippen molar-refractivity contribution in [1.82, 2.24) is 9.97 Å². The zero-order chi connectivity index (χ0) is 16.4. The summed E-state index contributed by atoms with van der Waals surface area (Å²) < 4.78 is 27.1. The number of hydrogen-bond acceptors (Lipinski definition) is 4. The molecule has 23 heavy (non-hydrogen) atoms. The van der Waals surface area contributed by atoms with E-state index in [0.29, 0.717) is 11.2 Å². The Labute approximate surface area is 132 Å². The van der Waals surface area contributed by atoms with Crippen LogP contribution in [0.2, 0.25) is 0 Å². The van der Waals surface area contributed by atoms with Gasteiger partial charge in [0.15, 0.2) is 0 Å². The summed E-state index contributed by atoms with van der Waals surface area (Å²) in [6, 6.07) is 13.1. The Morgan fingerprint density at radius 1 is 1.09 bits per heavy atom. The second-order valence-corrected chi connectivity index (χ2v) is 6.60. The van der Waals surface area contributed by atoms with Crippen LogP contribution >= 0.6 is 0 Å². The first-order valence-corrected chi connectivity index (χ1v) is 8.27. The molecule has 0 atom stereocenters. The van der Waals surface area contributed by atoms with Crippen LogP contribution in [0.3, 0.4) is 0 Å². The highest BCUT2D eigenvalue weighted by molar-refractivity contribution is 7.92. The van der Waals surface area contributed by atoms with Crippen LogP contribution in [0.5, 0.6) is 0 Å². The van der Waals surface area contributed by atoms with Gasteiger partial charge in [0.1, 0.15) is 0 Å². The number of nitrogens with one attached hydrogen (secondary N) is 3. The first-order valence-electron chi connectivity index (χ1n) is 6.79. The summed E-state index contributed by atoms with van der Waals surface area (Å²) >= 11 is 0. The zero-order valence-electron chi connectivity index (χ0n) is 12.2. The summed E-state index contributed by atoms with van der Waals surface area (Å²) in [5.41, 5.74) is 1.94. The smallest absolute Gasteiger partial charge is 0.264 e. The van der Waals surface area contributed by atoms with Crippen LogP contribution in [0.4, 0.5) is 11.6 Å². The van der Waals surface area contributed by atoms with Crippen molar-refractivity contribution in [1.29, 1.82) is 0 Å². The van der Waals surface area contributed by atoms with Crippen LogP contribution in [0, 0.1) is 0 Å². The van der Waals surface area contributed by atoms with E-state index in [4.69, 9.17) is 0 Å². The molecule has 3 N–H and O–H groups in total. The lowest BCUT2D eigenvalue weighted by molar-refractivity contribution is -0.114. The monoisotopic (exact) mass is 330 g/mol. The van der Waals surface area contributed by atoms with Gasteiger partial charge in [-0.3, -0.25) is 4.79 Å². The highest BCUT2D eigenvalue weighted by Gasteiger charge is 2.16. The third kappa shape index (κ3) is 3.32. The summed E-state index contributed by atoms with van der Waals surface area (Å²) in [6.45, 7) is 1.38. The second kappa shape index (κ2) is 5.73. The molecule has 0 aliphatic rings. The highest BCUT2D eigenvalue weighted by atomic mass is 32.2. The Balaban J connectivity index is 1.84. The van der Waals surface area contributed by atoms with Gasteiger partial charge in [-0.15, -0.1) is 0 Å². The summed E-state index contributed by atoms with van der Waals surface area (Å²) in [4.78, 5) is 18.1. The van der Waals surface area contributed by atoms with E-state index in [-0.39, 0.29) is 16.8 Å². The maximum Gasteiger partial charge on any atom is 0.264 e. The average Bonchev–Trinajstić information content (AvgIpc) is 2.88. The molecular formula is C15H14N4O3S. The van der Waals surface area contributed by atoms with Gasteiger partial charge in [0.2, 0.25) is 11.9 Å². The Bertz CT molecular complexity index is 929. The lowest BCUT2D eigenvalue weighted by atomic mass is 10.3. The van der Waals surface area contributed by atoms with Gasteiger partial charge in [-0.2, -0.15) is 0 Å². The summed E-state index contributed by atoms with van der Waals surface area (Å²) in [5, 5.41) is 2.58. The van der Waals surface area contributed by atoms with Crippen LogP contribution in [-0.2, 0) is 14.8 Å². The van der Waals surface area contributed by atoms with Gasteiger partial charge in [-0.05, 0) is 36.4 Å². The predicted octanol–water partition coefficient (Wildman–Crippen LogP) is 2.32. The lowest BCUT2D eigenvalue weighted by Gasteiger charge is -2.06. The van der Waals surface area contributed by atoms with Crippen molar-refractivity contribution < 1.29 is 13.2 Å². The minimum absolute atomic E-state index is 0.0760. The zero-order valence-corrected chi connectivity index (χ0v) is 13.0. The topological polar surface area (TPSA) is 104 Å². The van der Waals surface area contributed by atoms with Gasteiger partial charge in [0.25, 0.3) is 10.0 Å². The quantitative estimate of drug-likeness (QED) is 0.683. The molecule has 8 heteroatoms. The summed E-state index contributed by atoms with van der Waals surface area (Å²) in [7, 11) is -3.76. The number of nitrogens with zero attached hydrogens (tertiary/aromatic N) is 1. The van der Waals surface area contributed by atoms with Gasteiger partial charge in [0.05, 0.1) is 15.9 Å². The maximum absolute atomic E-state index is 12.4. The molecule has 7 nitrogen and oxygen atoms in total. The number of fused-ring (bicyclic) bond motifs is 1. The van der Waals surface area contributed by atoms with E-state index in [1.165, 1.54) is 31.2 Å². The van der Waals surface area contributed by atoms with E-state index in [2.05, 4.69) is 20.0 Å². The van der Waals surface area contributed by atoms with Crippen molar-refractivity contribution in [3.63, 3.8) is 0 Å². The number of aromatic nitrogens is 2. The SMILES string of the molecule is CC(=O)Nc1ccc(S(=O)(=O)Nc2nc3ccccc3[nH]2)cc1. The largest absolute Gasteiger partial charge is 0.326 e. The van der Waals surface area contributed by atoms with Crippen LogP contribution in [0.15, 0.2) is 53.4 Å².